The van der Waals surface area contributed by atoms with Gasteiger partial charge >= 0.3 is 0 Å². The number of rotatable bonds is 2. The molecule has 3 rings (SSSR count). The van der Waals surface area contributed by atoms with Crippen molar-refractivity contribution in [1.29, 1.82) is 0 Å². The SMILES string of the molecule is Cc1cc(C(=O)N2CCNCC2C)nn1-c1ccccc1. The molecule has 1 fully saturated rings. The molecule has 1 atom stereocenters. The Labute approximate surface area is 124 Å². The number of hydrogen-bond acceptors (Lipinski definition) is 3. The molecular weight excluding hydrogens is 264 g/mol. The third-order valence-corrected chi connectivity index (χ3v) is 3.87. The average Bonchev–Trinajstić information content (AvgIpc) is 2.90. The second kappa shape index (κ2) is 5.69. The summed E-state index contributed by atoms with van der Waals surface area (Å²) in [6.45, 7) is 6.44. The second-order valence-electron chi connectivity index (χ2n) is 5.47. The molecule has 1 aromatic carbocycles. The van der Waals surface area contributed by atoms with Crippen molar-refractivity contribution in [2.24, 2.45) is 0 Å². The zero-order chi connectivity index (χ0) is 14.8. The number of carbonyl (C=O) groups is 1. The summed E-state index contributed by atoms with van der Waals surface area (Å²) in [6, 6.07) is 11.9. The van der Waals surface area contributed by atoms with Gasteiger partial charge in [0.25, 0.3) is 5.91 Å². The van der Waals surface area contributed by atoms with Crippen molar-refractivity contribution < 1.29 is 4.79 Å². The molecule has 1 N–H and O–H groups in total. The molecular formula is C16H20N4O. The fourth-order valence-corrected chi connectivity index (χ4v) is 2.70. The first-order valence-electron chi connectivity index (χ1n) is 7.30. The van der Waals surface area contributed by atoms with Crippen LogP contribution in [0.3, 0.4) is 0 Å². The monoisotopic (exact) mass is 284 g/mol. The summed E-state index contributed by atoms with van der Waals surface area (Å²) in [6.07, 6.45) is 0. The lowest BCUT2D eigenvalue weighted by Crippen LogP contribution is -2.52. The fourth-order valence-electron chi connectivity index (χ4n) is 2.70. The zero-order valence-corrected chi connectivity index (χ0v) is 12.4. The van der Waals surface area contributed by atoms with E-state index in [1.807, 2.05) is 52.9 Å². The van der Waals surface area contributed by atoms with Gasteiger partial charge in [-0.1, -0.05) is 18.2 Å². The van der Waals surface area contributed by atoms with Crippen LogP contribution in [0.25, 0.3) is 5.69 Å². The van der Waals surface area contributed by atoms with E-state index in [9.17, 15) is 4.79 Å². The first-order chi connectivity index (χ1) is 10.2. The summed E-state index contributed by atoms with van der Waals surface area (Å²) in [5, 5.41) is 7.79. The molecule has 2 aromatic rings. The molecule has 0 radical (unpaired) electrons. The third kappa shape index (κ3) is 2.69. The predicted molar refractivity (Wildman–Crippen MR) is 81.7 cm³/mol. The van der Waals surface area contributed by atoms with Crippen LogP contribution in [0.1, 0.15) is 23.1 Å². The predicted octanol–water partition coefficient (Wildman–Crippen LogP) is 1.61. The number of aryl methyl sites for hydroxylation is 1. The van der Waals surface area contributed by atoms with Crippen LogP contribution in [0, 0.1) is 6.92 Å². The van der Waals surface area contributed by atoms with E-state index in [1.165, 1.54) is 0 Å². The highest BCUT2D eigenvalue weighted by molar-refractivity contribution is 5.92. The molecule has 110 valence electrons. The molecule has 1 saturated heterocycles. The largest absolute Gasteiger partial charge is 0.332 e. The van der Waals surface area contributed by atoms with Crippen molar-refractivity contribution in [3.63, 3.8) is 0 Å². The highest BCUT2D eigenvalue weighted by atomic mass is 16.2. The quantitative estimate of drug-likeness (QED) is 0.911. The lowest BCUT2D eigenvalue weighted by molar-refractivity contribution is 0.0649. The van der Waals surface area contributed by atoms with Crippen molar-refractivity contribution in [3.8, 4) is 5.69 Å². The Balaban J connectivity index is 1.88. The van der Waals surface area contributed by atoms with E-state index >= 15 is 0 Å². The summed E-state index contributed by atoms with van der Waals surface area (Å²) in [5.41, 5.74) is 2.46. The van der Waals surface area contributed by atoms with E-state index in [4.69, 9.17) is 0 Å². The summed E-state index contributed by atoms with van der Waals surface area (Å²) in [7, 11) is 0. The van der Waals surface area contributed by atoms with E-state index in [1.54, 1.807) is 0 Å². The van der Waals surface area contributed by atoms with E-state index in [0.717, 1.165) is 31.0 Å². The van der Waals surface area contributed by atoms with E-state index in [0.29, 0.717) is 5.69 Å². The molecule has 0 spiro atoms. The highest BCUT2D eigenvalue weighted by Gasteiger charge is 2.26. The summed E-state index contributed by atoms with van der Waals surface area (Å²) in [5.74, 6) is 0.0155. The standard InChI is InChI=1S/C16H20N4O/c1-12-10-15(16(21)19-9-8-17-11-13(19)2)18-20(12)14-6-4-3-5-7-14/h3-7,10,13,17H,8-9,11H2,1-2H3. The highest BCUT2D eigenvalue weighted by Crippen LogP contribution is 2.15. The maximum Gasteiger partial charge on any atom is 0.274 e. The Hall–Kier alpha value is -2.14. The Bertz CT molecular complexity index is 635. The van der Waals surface area contributed by atoms with Gasteiger partial charge < -0.3 is 10.2 Å². The van der Waals surface area contributed by atoms with Crippen molar-refractivity contribution in [2.75, 3.05) is 19.6 Å². The van der Waals surface area contributed by atoms with E-state index in [-0.39, 0.29) is 11.9 Å². The van der Waals surface area contributed by atoms with E-state index < -0.39 is 0 Å². The minimum Gasteiger partial charge on any atom is -0.332 e. The van der Waals surface area contributed by atoms with E-state index in [2.05, 4.69) is 17.3 Å². The zero-order valence-electron chi connectivity index (χ0n) is 12.4. The molecule has 0 saturated carbocycles. The maximum absolute atomic E-state index is 12.6. The average molecular weight is 284 g/mol. The van der Waals surface area contributed by atoms with Gasteiger partial charge in [-0.25, -0.2) is 4.68 Å². The maximum atomic E-state index is 12.6. The molecule has 21 heavy (non-hydrogen) atoms. The van der Waals surface area contributed by atoms with Gasteiger partial charge in [-0.05, 0) is 32.0 Å². The van der Waals surface area contributed by atoms with Crippen LogP contribution in [0.5, 0.6) is 0 Å². The van der Waals surface area contributed by atoms with Crippen molar-refractivity contribution in [3.05, 3.63) is 47.8 Å². The molecule has 1 aliphatic heterocycles. The van der Waals surface area contributed by atoms with Crippen LogP contribution in [0.15, 0.2) is 36.4 Å². The first kappa shape index (κ1) is 13.8. The second-order valence-corrected chi connectivity index (χ2v) is 5.47. The molecule has 0 bridgehead atoms. The van der Waals surface area contributed by atoms with Gasteiger partial charge in [-0.15, -0.1) is 0 Å². The topological polar surface area (TPSA) is 50.2 Å². The van der Waals surface area contributed by atoms with Crippen LogP contribution in [-0.2, 0) is 0 Å². The van der Waals surface area contributed by atoms with Crippen LogP contribution < -0.4 is 5.32 Å². The Morgan fingerprint density at radius 1 is 1.33 bits per heavy atom. The number of benzene rings is 1. The number of nitrogens with zero attached hydrogens (tertiary/aromatic N) is 3. The Morgan fingerprint density at radius 2 is 2.10 bits per heavy atom. The van der Waals surface area contributed by atoms with Gasteiger partial charge in [0.05, 0.1) is 5.69 Å². The van der Waals surface area contributed by atoms with Crippen LogP contribution in [-0.4, -0.2) is 46.3 Å². The molecule has 1 aliphatic rings. The first-order valence-corrected chi connectivity index (χ1v) is 7.30. The van der Waals surface area contributed by atoms with Gasteiger partial charge in [0.2, 0.25) is 0 Å². The minimum atomic E-state index is 0.0155. The molecule has 5 heteroatoms. The minimum absolute atomic E-state index is 0.0155. The van der Waals surface area contributed by atoms with Crippen LogP contribution >= 0.6 is 0 Å². The molecule has 0 aliphatic carbocycles. The van der Waals surface area contributed by atoms with Crippen molar-refractivity contribution in [1.82, 2.24) is 20.0 Å². The lowest BCUT2D eigenvalue weighted by atomic mass is 10.2. The number of para-hydroxylation sites is 1. The normalized spacial score (nSPS) is 18.8. The van der Waals surface area contributed by atoms with Crippen LogP contribution in [0.2, 0.25) is 0 Å². The smallest absolute Gasteiger partial charge is 0.274 e. The van der Waals surface area contributed by atoms with Crippen molar-refractivity contribution >= 4 is 5.91 Å². The van der Waals surface area contributed by atoms with Crippen molar-refractivity contribution in [2.45, 2.75) is 19.9 Å². The van der Waals surface area contributed by atoms with Gasteiger partial charge in [0, 0.05) is 31.4 Å². The summed E-state index contributed by atoms with van der Waals surface area (Å²) < 4.78 is 1.82. The lowest BCUT2D eigenvalue weighted by Gasteiger charge is -2.33. The number of aromatic nitrogens is 2. The fraction of sp³-hybridized carbons (Fsp3) is 0.375. The Morgan fingerprint density at radius 3 is 2.81 bits per heavy atom. The summed E-state index contributed by atoms with van der Waals surface area (Å²) >= 11 is 0. The molecule has 1 amide bonds. The number of piperazine rings is 1. The number of amides is 1. The van der Waals surface area contributed by atoms with Gasteiger partial charge in [-0.3, -0.25) is 4.79 Å². The van der Waals surface area contributed by atoms with Gasteiger partial charge in [0.1, 0.15) is 0 Å². The molecule has 1 unspecified atom stereocenters. The van der Waals surface area contributed by atoms with Crippen LogP contribution in [0.4, 0.5) is 0 Å². The van der Waals surface area contributed by atoms with Gasteiger partial charge in [-0.2, -0.15) is 5.10 Å². The van der Waals surface area contributed by atoms with Gasteiger partial charge in [0.15, 0.2) is 5.69 Å². The number of carbonyl (C=O) groups excluding carboxylic acids is 1. The molecule has 1 aromatic heterocycles. The summed E-state index contributed by atoms with van der Waals surface area (Å²) in [4.78, 5) is 14.5. The number of hydrogen-bond donors (Lipinski definition) is 1. The Kier molecular flexibility index (Phi) is 3.75. The number of nitrogens with one attached hydrogen (secondary N) is 1. The molecule has 5 nitrogen and oxygen atoms in total. The third-order valence-electron chi connectivity index (χ3n) is 3.87. The molecule has 2 heterocycles.